The van der Waals surface area contributed by atoms with Crippen LogP contribution in [0, 0.1) is 0 Å². The van der Waals surface area contributed by atoms with E-state index in [0.29, 0.717) is 6.54 Å². The van der Waals surface area contributed by atoms with Crippen LogP contribution < -0.4 is 5.32 Å². The Labute approximate surface area is 87.5 Å². The average Bonchev–Trinajstić information content (AvgIpc) is 2.08. The summed E-state index contributed by atoms with van der Waals surface area (Å²) in [6.45, 7) is 12.0. The van der Waals surface area contributed by atoms with Crippen molar-refractivity contribution in [2.75, 3.05) is 26.2 Å². The molecule has 2 N–H and O–H groups in total. The highest BCUT2D eigenvalue weighted by Crippen LogP contribution is 2.16. The molecule has 3 nitrogen and oxygen atoms in total. The summed E-state index contributed by atoms with van der Waals surface area (Å²) in [6, 6.07) is 0. The lowest BCUT2D eigenvalue weighted by molar-refractivity contribution is 0.0343. The Hall–Kier alpha value is -0.120. The molecule has 0 bridgehead atoms. The molecule has 1 unspecified atom stereocenters. The molecule has 1 aliphatic heterocycles. The maximum absolute atomic E-state index is 10.1. The van der Waals surface area contributed by atoms with E-state index in [2.05, 4.69) is 31.0 Å². The summed E-state index contributed by atoms with van der Waals surface area (Å²) < 4.78 is 0. The van der Waals surface area contributed by atoms with Crippen molar-refractivity contribution in [3.05, 3.63) is 0 Å². The predicted molar refractivity (Wildman–Crippen MR) is 59.4 cm³/mol. The standard InChI is InChI=1S/C11H24N2O/c1-5-6-13-8-10(2,3)12-7-11(4,14)9-13/h12,14H,5-9H2,1-4H3. The summed E-state index contributed by atoms with van der Waals surface area (Å²) in [5, 5.41) is 13.5. The summed E-state index contributed by atoms with van der Waals surface area (Å²) in [5.74, 6) is 0. The third kappa shape index (κ3) is 3.56. The first-order valence-corrected chi connectivity index (χ1v) is 5.54. The van der Waals surface area contributed by atoms with E-state index in [-0.39, 0.29) is 5.54 Å². The van der Waals surface area contributed by atoms with Crippen LogP contribution in [0.3, 0.4) is 0 Å². The number of rotatable bonds is 2. The van der Waals surface area contributed by atoms with Gasteiger partial charge in [-0.2, -0.15) is 0 Å². The fraction of sp³-hybridized carbons (Fsp3) is 1.00. The minimum Gasteiger partial charge on any atom is -0.388 e. The van der Waals surface area contributed by atoms with Crippen molar-refractivity contribution in [3.8, 4) is 0 Å². The molecule has 3 heteroatoms. The van der Waals surface area contributed by atoms with E-state index in [1.807, 2.05) is 6.92 Å². The monoisotopic (exact) mass is 200 g/mol. The van der Waals surface area contributed by atoms with Crippen LogP contribution in [0.2, 0.25) is 0 Å². The van der Waals surface area contributed by atoms with Gasteiger partial charge in [0.15, 0.2) is 0 Å². The van der Waals surface area contributed by atoms with Gasteiger partial charge in [0, 0.05) is 25.2 Å². The highest BCUT2D eigenvalue weighted by atomic mass is 16.3. The van der Waals surface area contributed by atoms with Crippen LogP contribution in [0.5, 0.6) is 0 Å². The Morgan fingerprint density at radius 1 is 1.29 bits per heavy atom. The molecule has 1 aliphatic rings. The van der Waals surface area contributed by atoms with E-state index in [0.717, 1.165) is 26.1 Å². The maximum atomic E-state index is 10.1. The lowest BCUT2D eigenvalue weighted by atomic mass is 10.1. The Kier molecular flexibility index (Phi) is 3.56. The van der Waals surface area contributed by atoms with Gasteiger partial charge in [-0.3, -0.25) is 4.90 Å². The number of aliphatic hydroxyl groups is 1. The van der Waals surface area contributed by atoms with Gasteiger partial charge in [-0.05, 0) is 33.7 Å². The molecular weight excluding hydrogens is 176 g/mol. The Bertz CT molecular complexity index is 172. The first-order chi connectivity index (χ1) is 6.35. The molecule has 84 valence electrons. The van der Waals surface area contributed by atoms with Crippen LogP contribution in [-0.2, 0) is 0 Å². The smallest absolute Gasteiger partial charge is 0.0869 e. The molecule has 1 rings (SSSR count). The SMILES string of the molecule is CCCN1CC(C)(O)CNC(C)(C)C1. The van der Waals surface area contributed by atoms with Gasteiger partial charge in [0.25, 0.3) is 0 Å². The highest BCUT2D eigenvalue weighted by molar-refractivity contribution is 4.92. The van der Waals surface area contributed by atoms with Gasteiger partial charge < -0.3 is 10.4 Å². The third-order valence-electron chi connectivity index (χ3n) is 2.67. The highest BCUT2D eigenvalue weighted by Gasteiger charge is 2.33. The molecule has 1 saturated heterocycles. The van der Waals surface area contributed by atoms with E-state index in [4.69, 9.17) is 0 Å². The van der Waals surface area contributed by atoms with Gasteiger partial charge in [-0.1, -0.05) is 6.92 Å². The molecular formula is C11H24N2O. The molecule has 1 heterocycles. The second kappa shape index (κ2) is 4.17. The van der Waals surface area contributed by atoms with Crippen LogP contribution in [-0.4, -0.2) is 47.3 Å². The molecule has 1 fully saturated rings. The topological polar surface area (TPSA) is 35.5 Å². The Morgan fingerprint density at radius 3 is 2.50 bits per heavy atom. The van der Waals surface area contributed by atoms with E-state index in [1.165, 1.54) is 0 Å². The zero-order chi connectivity index (χ0) is 10.8. The largest absolute Gasteiger partial charge is 0.388 e. The molecule has 0 aromatic rings. The zero-order valence-corrected chi connectivity index (χ0v) is 9.93. The first-order valence-electron chi connectivity index (χ1n) is 5.54. The number of nitrogens with one attached hydrogen (secondary N) is 1. The quantitative estimate of drug-likeness (QED) is 0.693. The molecule has 14 heavy (non-hydrogen) atoms. The Balaban J connectivity index is 2.66. The molecule has 0 aliphatic carbocycles. The summed E-state index contributed by atoms with van der Waals surface area (Å²) in [4.78, 5) is 2.35. The van der Waals surface area contributed by atoms with Gasteiger partial charge >= 0.3 is 0 Å². The summed E-state index contributed by atoms with van der Waals surface area (Å²) in [7, 11) is 0. The van der Waals surface area contributed by atoms with Crippen LogP contribution in [0.25, 0.3) is 0 Å². The number of hydrogen-bond acceptors (Lipinski definition) is 3. The van der Waals surface area contributed by atoms with E-state index in [1.54, 1.807) is 0 Å². The first kappa shape index (κ1) is 12.0. The van der Waals surface area contributed by atoms with Crippen LogP contribution in [0.15, 0.2) is 0 Å². The second-order valence-corrected chi connectivity index (χ2v) is 5.45. The number of hydrogen-bond donors (Lipinski definition) is 2. The van der Waals surface area contributed by atoms with E-state index < -0.39 is 5.60 Å². The summed E-state index contributed by atoms with van der Waals surface area (Å²) >= 11 is 0. The molecule has 0 amide bonds. The number of β-amino-alcohol motifs (C(OH)–C–C–N with tert-alkyl or cyclic N) is 1. The molecule has 0 aromatic carbocycles. The van der Waals surface area contributed by atoms with E-state index >= 15 is 0 Å². The van der Waals surface area contributed by atoms with Gasteiger partial charge in [0.1, 0.15) is 0 Å². The molecule has 0 radical (unpaired) electrons. The van der Waals surface area contributed by atoms with E-state index in [9.17, 15) is 5.11 Å². The van der Waals surface area contributed by atoms with Crippen molar-refractivity contribution in [1.29, 1.82) is 0 Å². The van der Waals surface area contributed by atoms with Crippen molar-refractivity contribution in [2.45, 2.75) is 45.3 Å². The molecule has 0 saturated carbocycles. The van der Waals surface area contributed by atoms with Gasteiger partial charge in [0.05, 0.1) is 5.60 Å². The fourth-order valence-electron chi connectivity index (χ4n) is 2.11. The maximum Gasteiger partial charge on any atom is 0.0869 e. The van der Waals surface area contributed by atoms with Crippen LogP contribution >= 0.6 is 0 Å². The predicted octanol–water partition coefficient (Wildman–Crippen LogP) is 0.831. The minimum absolute atomic E-state index is 0.107. The normalized spacial score (nSPS) is 34.1. The van der Waals surface area contributed by atoms with Crippen molar-refractivity contribution >= 4 is 0 Å². The van der Waals surface area contributed by atoms with Crippen molar-refractivity contribution in [3.63, 3.8) is 0 Å². The zero-order valence-electron chi connectivity index (χ0n) is 9.93. The fourth-order valence-corrected chi connectivity index (χ4v) is 2.11. The lowest BCUT2D eigenvalue weighted by Gasteiger charge is -2.30. The molecule has 0 spiro atoms. The number of nitrogens with zero attached hydrogens (tertiary/aromatic N) is 1. The summed E-state index contributed by atoms with van der Waals surface area (Å²) in [5.41, 5.74) is -0.488. The molecule has 1 atom stereocenters. The van der Waals surface area contributed by atoms with Crippen molar-refractivity contribution in [1.82, 2.24) is 10.2 Å². The van der Waals surface area contributed by atoms with Crippen molar-refractivity contribution < 1.29 is 5.11 Å². The lowest BCUT2D eigenvalue weighted by Crippen LogP contribution is -2.47. The van der Waals surface area contributed by atoms with Crippen LogP contribution in [0.4, 0.5) is 0 Å². The van der Waals surface area contributed by atoms with Gasteiger partial charge in [-0.15, -0.1) is 0 Å². The minimum atomic E-state index is -0.594. The van der Waals surface area contributed by atoms with Crippen molar-refractivity contribution in [2.24, 2.45) is 0 Å². The Morgan fingerprint density at radius 2 is 1.93 bits per heavy atom. The van der Waals surface area contributed by atoms with Gasteiger partial charge in [0.2, 0.25) is 0 Å². The summed E-state index contributed by atoms with van der Waals surface area (Å²) in [6.07, 6.45) is 1.14. The third-order valence-corrected chi connectivity index (χ3v) is 2.67. The average molecular weight is 200 g/mol. The van der Waals surface area contributed by atoms with Crippen LogP contribution in [0.1, 0.15) is 34.1 Å². The molecule has 0 aromatic heterocycles. The second-order valence-electron chi connectivity index (χ2n) is 5.45. The van der Waals surface area contributed by atoms with Gasteiger partial charge in [-0.25, -0.2) is 0 Å².